The normalized spacial score (nSPS) is 10.8. The van der Waals surface area contributed by atoms with Gasteiger partial charge in [-0.25, -0.2) is 16.8 Å². The van der Waals surface area contributed by atoms with Crippen LogP contribution in [0.4, 0.5) is 9.59 Å². The second kappa shape index (κ2) is 13.1. The molecule has 0 saturated heterocycles. The fraction of sp³-hybridized carbons (Fsp3) is 0.750. The van der Waals surface area contributed by atoms with Gasteiger partial charge in [-0.15, -0.1) is 0 Å². The molecule has 0 rings (SSSR count). The van der Waals surface area contributed by atoms with E-state index in [1.54, 1.807) is 0 Å². The fourth-order valence-corrected chi connectivity index (χ4v) is 1.72. The van der Waals surface area contributed by atoms with E-state index in [0.29, 0.717) is 25.7 Å². The third kappa shape index (κ3) is 14.4. The second-order valence-corrected chi connectivity index (χ2v) is 6.31. The second-order valence-electron chi connectivity index (χ2n) is 3.75. The summed E-state index contributed by atoms with van der Waals surface area (Å²) < 4.78 is 61.2. The largest absolute Gasteiger partial charge is 1.00 e. The van der Waals surface area contributed by atoms with Gasteiger partial charge in [0.05, 0.1) is 0 Å². The number of amides is 2. The number of unbranched alkanes of at least 4 members (excludes halogenated alkanes) is 3. The van der Waals surface area contributed by atoms with Crippen LogP contribution >= 0.6 is 0 Å². The van der Waals surface area contributed by atoms with E-state index in [9.17, 15) is 35.5 Å². The van der Waals surface area contributed by atoms with E-state index < -0.39 is 30.7 Å². The van der Waals surface area contributed by atoms with Crippen LogP contribution in [0.5, 0.6) is 0 Å². The number of nitrogens with one attached hydrogen (secondary N) is 2. The van der Waals surface area contributed by atoms with E-state index in [4.69, 9.17) is 0 Å². The van der Waals surface area contributed by atoms with Crippen molar-refractivity contribution in [1.29, 1.82) is 0 Å². The predicted molar refractivity (Wildman–Crippen MR) is 64.7 cm³/mol. The standard InChI is InChI=1S/C8H16N2O8S2.2Na/c11-7(19(13,14)15)9-5-3-1-2-4-6-10-8(12)20(16,17)18;;/h1-6H2,(H,9,11)(H,10,12)(H,13,14,15)(H,16,17,18);;/q;2*+1/p-2. The van der Waals surface area contributed by atoms with Crippen molar-refractivity contribution in [2.45, 2.75) is 25.7 Å². The molecule has 0 fully saturated rings. The Balaban J connectivity index is -0.00000180. The van der Waals surface area contributed by atoms with Crippen LogP contribution in [-0.4, -0.2) is 49.5 Å². The Morgan fingerprint density at radius 2 is 0.955 bits per heavy atom. The Morgan fingerprint density at radius 3 is 1.18 bits per heavy atom. The summed E-state index contributed by atoms with van der Waals surface area (Å²) >= 11 is 0. The zero-order chi connectivity index (χ0) is 15.8. The molecular formula is C8H14N2Na2O8S2. The molecule has 0 aromatic rings. The molecule has 0 aromatic heterocycles. The minimum Gasteiger partial charge on any atom is -0.740 e. The average Bonchev–Trinajstić information content (AvgIpc) is 2.29. The van der Waals surface area contributed by atoms with Gasteiger partial charge >= 0.3 is 69.6 Å². The molecular weight excluding hydrogens is 362 g/mol. The zero-order valence-corrected chi connectivity index (χ0v) is 18.0. The van der Waals surface area contributed by atoms with E-state index in [1.807, 2.05) is 10.6 Å². The molecule has 22 heavy (non-hydrogen) atoms. The van der Waals surface area contributed by atoms with Gasteiger partial charge in [0.2, 0.25) is 0 Å². The summed E-state index contributed by atoms with van der Waals surface area (Å²) in [5.41, 5.74) is 0. The van der Waals surface area contributed by atoms with Gasteiger partial charge in [-0.3, -0.25) is 9.59 Å². The van der Waals surface area contributed by atoms with Crippen molar-refractivity contribution in [1.82, 2.24) is 10.6 Å². The number of carbonyl (C=O) groups is 2. The van der Waals surface area contributed by atoms with E-state index in [1.165, 1.54) is 0 Å². The molecule has 14 heteroatoms. The third-order valence-electron chi connectivity index (χ3n) is 2.10. The van der Waals surface area contributed by atoms with Gasteiger partial charge in [0.15, 0.2) is 20.2 Å². The smallest absolute Gasteiger partial charge is 0.740 e. The first-order valence-corrected chi connectivity index (χ1v) is 8.34. The van der Waals surface area contributed by atoms with Crippen LogP contribution in [0.1, 0.15) is 25.7 Å². The van der Waals surface area contributed by atoms with Crippen molar-refractivity contribution in [3.63, 3.8) is 0 Å². The van der Waals surface area contributed by atoms with Crippen molar-refractivity contribution in [3.05, 3.63) is 0 Å². The van der Waals surface area contributed by atoms with Gasteiger partial charge in [-0.1, -0.05) is 12.8 Å². The Bertz CT molecular complexity index is 498. The molecule has 0 aliphatic heterocycles. The van der Waals surface area contributed by atoms with Gasteiger partial charge in [-0.05, 0) is 12.8 Å². The minimum absolute atomic E-state index is 0. The molecule has 0 radical (unpaired) electrons. The maximum Gasteiger partial charge on any atom is 1.00 e. The number of hydrogen-bond acceptors (Lipinski definition) is 8. The first-order valence-electron chi connectivity index (χ1n) is 5.52. The molecule has 2 amide bonds. The molecule has 0 aliphatic carbocycles. The summed E-state index contributed by atoms with van der Waals surface area (Å²) in [5.74, 6) is 0. The van der Waals surface area contributed by atoms with Crippen LogP contribution in [0.25, 0.3) is 0 Å². The number of hydrogen-bond donors (Lipinski definition) is 2. The molecule has 0 unspecified atom stereocenters. The molecule has 118 valence electrons. The van der Waals surface area contributed by atoms with E-state index in [2.05, 4.69) is 0 Å². The summed E-state index contributed by atoms with van der Waals surface area (Å²) in [6.45, 7) is 0.0310. The van der Waals surface area contributed by atoms with Gasteiger partial charge < -0.3 is 19.7 Å². The summed E-state index contributed by atoms with van der Waals surface area (Å²) in [7, 11) is -9.92. The van der Waals surface area contributed by atoms with Crippen LogP contribution < -0.4 is 69.7 Å². The molecule has 0 aliphatic rings. The van der Waals surface area contributed by atoms with Gasteiger partial charge in [0.1, 0.15) is 0 Å². The monoisotopic (exact) mass is 376 g/mol. The number of rotatable bonds is 7. The summed E-state index contributed by atoms with van der Waals surface area (Å²) in [6.07, 6.45) is 1.93. The van der Waals surface area contributed by atoms with Crippen molar-refractivity contribution in [2.75, 3.05) is 13.1 Å². The van der Waals surface area contributed by atoms with Crippen molar-refractivity contribution >= 4 is 30.7 Å². The van der Waals surface area contributed by atoms with Crippen molar-refractivity contribution in [3.8, 4) is 0 Å². The van der Waals surface area contributed by atoms with Crippen LogP contribution in [0.15, 0.2) is 0 Å². The molecule has 0 spiro atoms. The fourth-order valence-electron chi connectivity index (χ4n) is 1.16. The van der Waals surface area contributed by atoms with E-state index in [-0.39, 0.29) is 72.2 Å². The van der Waals surface area contributed by atoms with Crippen LogP contribution in [0, 0.1) is 0 Å². The molecule has 0 atom stereocenters. The van der Waals surface area contributed by atoms with Gasteiger partial charge in [0.25, 0.3) is 0 Å². The first kappa shape index (κ1) is 27.6. The summed E-state index contributed by atoms with van der Waals surface area (Å²) in [6, 6.07) is 0. The predicted octanol–water partition coefficient (Wildman–Crippen LogP) is -6.94. The topological polar surface area (TPSA) is 173 Å². The zero-order valence-electron chi connectivity index (χ0n) is 12.3. The Labute approximate surface area is 173 Å². The SMILES string of the molecule is O=C(NCCCCCCNC(=O)S(=O)(=O)[O-])S(=O)(=O)[O-].[Na+].[Na+]. The van der Waals surface area contributed by atoms with Gasteiger partial charge in [0, 0.05) is 13.1 Å². The van der Waals surface area contributed by atoms with Gasteiger partial charge in [-0.2, -0.15) is 0 Å². The summed E-state index contributed by atoms with van der Waals surface area (Å²) in [4.78, 5) is 21.2. The van der Waals surface area contributed by atoms with E-state index in [0.717, 1.165) is 0 Å². The van der Waals surface area contributed by atoms with Crippen LogP contribution in [0.2, 0.25) is 0 Å². The van der Waals surface area contributed by atoms with Crippen molar-refractivity contribution in [2.24, 2.45) is 0 Å². The summed E-state index contributed by atoms with van der Waals surface area (Å²) in [5, 5.41) is 0.687. The molecule has 0 bridgehead atoms. The quantitative estimate of drug-likeness (QED) is 0.250. The number of carbonyl (C=O) groups excluding carboxylic acids is 2. The minimum atomic E-state index is -4.96. The molecule has 2 N–H and O–H groups in total. The van der Waals surface area contributed by atoms with Crippen LogP contribution in [-0.2, 0) is 20.2 Å². The van der Waals surface area contributed by atoms with Crippen molar-refractivity contribution < 1.29 is 94.6 Å². The van der Waals surface area contributed by atoms with Crippen LogP contribution in [0.3, 0.4) is 0 Å². The Kier molecular flexibility index (Phi) is 16.4. The third-order valence-corrected chi connectivity index (χ3v) is 3.29. The Hall–Kier alpha value is 0.760. The molecule has 10 nitrogen and oxygen atoms in total. The van der Waals surface area contributed by atoms with E-state index >= 15 is 0 Å². The average molecular weight is 376 g/mol. The maximum atomic E-state index is 10.6. The molecule has 0 aromatic carbocycles. The molecule has 0 saturated carbocycles. The molecule has 0 heterocycles. The first-order chi connectivity index (χ1) is 9.05. The maximum absolute atomic E-state index is 10.6. The Morgan fingerprint density at radius 1 is 0.682 bits per heavy atom.